The number of hydrogen-bond donors (Lipinski definition) is 2. The Hall–Kier alpha value is -1.85. The van der Waals surface area contributed by atoms with E-state index in [-0.39, 0.29) is 0 Å². The van der Waals surface area contributed by atoms with E-state index >= 15 is 0 Å². The number of H-pyrrole nitrogens is 1. The van der Waals surface area contributed by atoms with Crippen LogP contribution in [0, 0.1) is 0 Å². The maximum atomic E-state index is 6.20. The van der Waals surface area contributed by atoms with Gasteiger partial charge in [-0.2, -0.15) is 0 Å². The summed E-state index contributed by atoms with van der Waals surface area (Å²) in [5.74, 6) is 2.02. The van der Waals surface area contributed by atoms with Crippen molar-refractivity contribution in [1.82, 2.24) is 15.3 Å². The molecule has 4 nitrogen and oxygen atoms in total. The number of benzene rings is 1. The van der Waals surface area contributed by atoms with Gasteiger partial charge in [0.25, 0.3) is 0 Å². The Bertz CT molecular complexity index is 725. The summed E-state index contributed by atoms with van der Waals surface area (Å²) in [4.78, 5) is 9.30. The van der Waals surface area contributed by atoms with Crippen LogP contribution in [0.4, 0.5) is 0 Å². The smallest absolute Gasteiger partial charge is 0.134 e. The first-order valence-corrected chi connectivity index (χ1v) is 8.64. The van der Waals surface area contributed by atoms with Gasteiger partial charge in [0.1, 0.15) is 17.7 Å². The quantitative estimate of drug-likeness (QED) is 0.776. The number of para-hydroxylation sites is 2. The summed E-state index contributed by atoms with van der Waals surface area (Å²) in [6.45, 7) is 2.10. The summed E-state index contributed by atoms with van der Waals surface area (Å²) in [5.41, 5.74) is 2.12. The zero-order valence-electron chi connectivity index (χ0n) is 12.3. The molecular formula is C17H19N3OS. The van der Waals surface area contributed by atoms with E-state index in [0.717, 1.165) is 55.0 Å². The van der Waals surface area contributed by atoms with E-state index in [1.165, 1.54) is 4.88 Å². The number of piperidine rings is 1. The van der Waals surface area contributed by atoms with E-state index in [1.807, 2.05) is 18.2 Å². The third-order valence-electron chi connectivity index (χ3n) is 4.05. The van der Waals surface area contributed by atoms with Crippen molar-refractivity contribution in [2.24, 2.45) is 0 Å². The standard InChI is InChI=1S/C17H19N3OS/c1-2-4-14-13(3-1)19-17(20-14)11-16-15(7-10-22-16)21-12-5-8-18-9-6-12/h1-4,7,10,12,18H,5-6,8-9,11H2,(H,19,20). The molecule has 0 radical (unpaired) electrons. The molecule has 114 valence electrons. The molecule has 1 aliphatic rings. The fourth-order valence-electron chi connectivity index (χ4n) is 2.90. The Kier molecular flexibility index (Phi) is 3.83. The van der Waals surface area contributed by atoms with Gasteiger partial charge < -0.3 is 15.0 Å². The van der Waals surface area contributed by atoms with Gasteiger partial charge in [0, 0.05) is 6.42 Å². The lowest BCUT2D eigenvalue weighted by Gasteiger charge is -2.23. The summed E-state index contributed by atoms with van der Waals surface area (Å²) in [5, 5.41) is 5.48. The molecule has 0 unspecified atom stereocenters. The number of hydrogen-bond acceptors (Lipinski definition) is 4. The highest BCUT2D eigenvalue weighted by Crippen LogP contribution is 2.29. The molecule has 1 aromatic carbocycles. The molecule has 4 rings (SSSR count). The number of nitrogens with one attached hydrogen (secondary N) is 2. The summed E-state index contributed by atoms with van der Waals surface area (Å²) in [7, 11) is 0. The van der Waals surface area contributed by atoms with Gasteiger partial charge >= 0.3 is 0 Å². The SMILES string of the molecule is c1ccc2[nH]c(Cc3sccc3OC3CCNCC3)nc2c1. The van der Waals surface area contributed by atoms with Gasteiger partial charge in [-0.3, -0.25) is 0 Å². The van der Waals surface area contributed by atoms with Gasteiger partial charge in [-0.25, -0.2) is 4.98 Å². The predicted octanol–water partition coefficient (Wildman–Crippen LogP) is 3.35. The van der Waals surface area contributed by atoms with E-state index in [1.54, 1.807) is 11.3 Å². The number of imidazole rings is 1. The lowest BCUT2D eigenvalue weighted by Crippen LogP contribution is -2.34. The highest BCUT2D eigenvalue weighted by atomic mass is 32.1. The van der Waals surface area contributed by atoms with Gasteiger partial charge in [-0.15, -0.1) is 11.3 Å². The molecule has 2 aromatic heterocycles. The number of thiophene rings is 1. The van der Waals surface area contributed by atoms with Crippen LogP contribution in [0.1, 0.15) is 23.5 Å². The van der Waals surface area contributed by atoms with Gasteiger partial charge in [0.05, 0.1) is 15.9 Å². The average Bonchev–Trinajstić information content (AvgIpc) is 3.15. The largest absolute Gasteiger partial charge is 0.489 e. The van der Waals surface area contributed by atoms with Crippen molar-refractivity contribution in [3.05, 3.63) is 46.4 Å². The summed E-state index contributed by atoms with van der Waals surface area (Å²) >= 11 is 1.74. The third kappa shape index (κ3) is 2.87. The Morgan fingerprint density at radius 2 is 2.05 bits per heavy atom. The zero-order valence-corrected chi connectivity index (χ0v) is 13.2. The third-order valence-corrected chi connectivity index (χ3v) is 4.95. The van der Waals surface area contributed by atoms with Crippen LogP contribution in [-0.2, 0) is 6.42 Å². The second kappa shape index (κ2) is 6.10. The molecule has 1 aliphatic heterocycles. The van der Waals surface area contributed by atoms with E-state index in [0.29, 0.717) is 6.10 Å². The second-order valence-electron chi connectivity index (χ2n) is 5.65. The first-order chi connectivity index (χ1) is 10.9. The molecule has 1 fully saturated rings. The molecule has 3 aromatic rings. The Balaban J connectivity index is 1.51. The van der Waals surface area contributed by atoms with Gasteiger partial charge in [0.15, 0.2) is 0 Å². The molecule has 0 aliphatic carbocycles. The molecular weight excluding hydrogens is 294 g/mol. The molecule has 0 saturated carbocycles. The van der Waals surface area contributed by atoms with Crippen LogP contribution in [0.3, 0.4) is 0 Å². The predicted molar refractivity (Wildman–Crippen MR) is 89.7 cm³/mol. The van der Waals surface area contributed by atoms with Crippen molar-refractivity contribution in [3.63, 3.8) is 0 Å². The van der Waals surface area contributed by atoms with Crippen LogP contribution in [0.15, 0.2) is 35.7 Å². The Morgan fingerprint density at radius 3 is 2.91 bits per heavy atom. The normalized spacial score (nSPS) is 16.2. The number of nitrogens with zero attached hydrogens (tertiary/aromatic N) is 1. The molecule has 22 heavy (non-hydrogen) atoms. The Labute approximate surface area is 133 Å². The van der Waals surface area contributed by atoms with E-state index in [9.17, 15) is 0 Å². The van der Waals surface area contributed by atoms with Crippen molar-refractivity contribution in [1.29, 1.82) is 0 Å². The molecule has 3 heterocycles. The lowest BCUT2D eigenvalue weighted by atomic mass is 10.1. The number of aromatic nitrogens is 2. The van der Waals surface area contributed by atoms with Crippen LogP contribution in [0.2, 0.25) is 0 Å². The maximum absolute atomic E-state index is 6.20. The van der Waals surface area contributed by atoms with Crippen molar-refractivity contribution in [3.8, 4) is 5.75 Å². The zero-order chi connectivity index (χ0) is 14.8. The average molecular weight is 313 g/mol. The summed E-state index contributed by atoms with van der Waals surface area (Å²) in [6, 6.07) is 10.2. The molecule has 5 heteroatoms. The van der Waals surface area contributed by atoms with Crippen LogP contribution >= 0.6 is 11.3 Å². The molecule has 0 spiro atoms. The van der Waals surface area contributed by atoms with Crippen molar-refractivity contribution >= 4 is 22.4 Å². The minimum Gasteiger partial charge on any atom is -0.489 e. The van der Waals surface area contributed by atoms with Gasteiger partial charge in [0.2, 0.25) is 0 Å². The minimum absolute atomic E-state index is 0.338. The highest BCUT2D eigenvalue weighted by molar-refractivity contribution is 7.10. The number of ether oxygens (including phenoxy) is 1. The highest BCUT2D eigenvalue weighted by Gasteiger charge is 2.17. The first kappa shape index (κ1) is 13.8. The monoisotopic (exact) mass is 313 g/mol. The van der Waals surface area contributed by atoms with Crippen molar-refractivity contribution in [2.45, 2.75) is 25.4 Å². The van der Waals surface area contributed by atoms with Crippen molar-refractivity contribution in [2.75, 3.05) is 13.1 Å². The van der Waals surface area contributed by atoms with Crippen molar-refractivity contribution < 1.29 is 4.74 Å². The molecule has 0 bridgehead atoms. The fourth-order valence-corrected chi connectivity index (χ4v) is 3.71. The number of rotatable bonds is 4. The van der Waals surface area contributed by atoms with Crippen LogP contribution in [0.25, 0.3) is 11.0 Å². The molecule has 1 saturated heterocycles. The first-order valence-electron chi connectivity index (χ1n) is 7.76. The molecule has 0 amide bonds. The fraction of sp³-hybridized carbons (Fsp3) is 0.353. The second-order valence-corrected chi connectivity index (χ2v) is 6.65. The maximum Gasteiger partial charge on any atom is 0.134 e. The summed E-state index contributed by atoms with van der Waals surface area (Å²) < 4.78 is 6.20. The van der Waals surface area contributed by atoms with Gasteiger partial charge in [-0.05, 0) is 49.5 Å². The molecule has 0 atom stereocenters. The lowest BCUT2D eigenvalue weighted by molar-refractivity contribution is 0.162. The Morgan fingerprint density at radius 1 is 1.18 bits per heavy atom. The number of aromatic amines is 1. The van der Waals surface area contributed by atoms with Crippen LogP contribution in [0.5, 0.6) is 5.75 Å². The molecule has 2 N–H and O–H groups in total. The van der Waals surface area contributed by atoms with E-state index in [4.69, 9.17) is 4.74 Å². The van der Waals surface area contributed by atoms with Gasteiger partial charge in [-0.1, -0.05) is 12.1 Å². The number of fused-ring (bicyclic) bond motifs is 1. The minimum atomic E-state index is 0.338. The van der Waals surface area contributed by atoms with Crippen LogP contribution < -0.4 is 10.1 Å². The van der Waals surface area contributed by atoms with E-state index < -0.39 is 0 Å². The topological polar surface area (TPSA) is 49.9 Å². The van der Waals surface area contributed by atoms with E-state index in [2.05, 4.69) is 32.8 Å². The van der Waals surface area contributed by atoms with Crippen LogP contribution in [-0.4, -0.2) is 29.2 Å². The summed E-state index contributed by atoms with van der Waals surface area (Å²) in [6.07, 6.45) is 3.30.